The number of para-hydroxylation sites is 1. The molecule has 7 nitrogen and oxygen atoms in total. The molecule has 0 saturated carbocycles. The summed E-state index contributed by atoms with van der Waals surface area (Å²) in [5.41, 5.74) is 11.0. The van der Waals surface area contributed by atoms with Gasteiger partial charge in [-0.3, -0.25) is 4.79 Å². The minimum absolute atomic E-state index is 0.457. The summed E-state index contributed by atoms with van der Waals surface area (Å²) >= 11 is 0. The largest absolute Gasteiger partial charge is 0.366 e. The van der Waals surface area contributed by atoms with Gasteiger partial charge in [-0.1, -0.05) is 42.5 Å². The summed E-state index contributed by atoms with van der Waals surface area (Å²) in [6.07, 6.45) is 3.16. The molecule has 3 heterocycles. The topological polar surface area (TPSA) is 99.9 Å². The number of nitrogens with zero attached hydrogens (tertiary/aromatic N) is 3. The van der Waals surface area contributed by atoms with Gasteiger partial charge in [0.1, 0.15) is 11.6 Å². The molecule has 1 amide bonds. The SMILES string of the molecule is Cc1[nH]c2c(C(N)=O)cccc2c1-c1nc(NCc2ccccc2)c2c(n1)N(C)CCCC2. The van der Waals surface area contributed by atoms with E-state index in [-0.39, 0.29) is 0 Å². The van der Waals surface area contributed by atoms with Crippen molar-refractivity contribution in [2.24, 2.45) is 5.73 Å². The van der Waals surface area contributed by atoms with Crippen LogP contribution in [0.25, 0.3) is 22.3 Å². The second kappa shape index (κ2) is 8.58. The van der Waals surface area contributed by atoms with Gasteiger partial charge in [-0.25, -0.2) is 9.97 Å². The van der Waals surface area contributed by atoms with Gasteiger partial charge in [0.25, 0.3) is 5.91 Å². The lowest BCUT2D eigenvalue weighted by atomic mass is 10.1. The van der Waals surface area contributed by atoms with E-state index in [1.807, 2.05) is 37.3 Å². The maximum absolute atomic E-state index is 12.0. The summed E-state index contributed by atoms with van der Waals surface area (Å²) in [7, 11) is 2.09. The molecule has 0 bridgehead atoms. The van der Waals surface area contributed by atoms with Crippen molar-refractivity contribution < 1.29 is 4.79 Å². The van der Waals surface area contributed by atoms with Gasteiger partial charge >= 0.3 is 0 Å². The van der Waals surface area contributed by atoms with Crippen LogP contribution in [0.15, 0.2) is 48.5 Å². The van der Waals surface area contributed by atoms with Crippen LogP contribution in [0.1, 0.15) is 40.0 Å². The fourth-order valence-electron chi connectivity index (χ4n) is 4.66. The first kappa shape index (κ1) is 21.0. The third-order valence-corrected chi connectivity index (χ3v) is 6.33. The molecule has 5 rings (SSSR count). The number of amides is 1. The number of aromatic nitrogens is 3. The van der Waals surface area contributed by atoms with Crippen LogP contribution in [-0.4, -0.2) is 34.5 Å². The summed E-state index contributed by atoms with van der Waals surface area (Å²) in [6.45, 7) is 3.63. The highest BCUT2D eigenvalue weighted by Gasteiger charge is 2.23. The highest BCUT2D eigenvalue weighted by Crippen LogP contribution is 2.36. The minimum atomic E-state index is -0.457. The van der Waals surface area contributed by atoms with E-state index in [2.05, 4.69) is 34.4 Å². The zero-order valence-corrected chi connectivity index (χ0v) is 19.0. The lowest BCUT2D eigenvalue weighted by molar-refractivity contribution is 0.100. The van der Waals surface area contributed by atoms with Gasteiger partial charge in [0, 0.05) is 42.3 Å². The van der Waals surface area contributed by atoms with Crippen molar-refractivity contribution in [2.45, 2.75) is 32.7 Å². The van der Waals surface area contributed by atoms with Crippen LogP contribution in [0.4, 0.5) is 11.6 Å². The average molecular weight is 441 g/mol. The van der Waals surface area contributed by atoms with Crippen molar-refractivity contribution in [2.75, 3.05) is 23.8 Å². The first-order chi connectivity index (χ1) is 16.0. The number of rotatable bonds is 5. The quantitative estimate of drug-likeness (QED) is 0.427. The molecule has 0 saturated heterocycles. The lowest BCUT2D eigenvalue weighted by Gasteiger charge is -2.21. The molecule has 0 aliphatic carbocycles. The second-order valence-corrected chi connectivity index (χ2v) is 8.63. The van der Waals surface area contributed by atoms with E-state index in [4.69, 9.17) is 15.7 Å². The molecule has 33 heavy (non-hydrogen) atoms. The first-order valence-electron chi connectivity index (χ1n) is 11.3. The number of H-pyrrole nitrogens is 1. The van der Waals surface area contributed by atoms with Gasteiger partial charge < -0.3 is 20.9 Å². The van der Waals surface area contributed by atoms with Gasteiger partial charge in [-0.15, -0.1) is 0 Å². The lowest BCUT2D eigenvalue weighted by Crippen LogP contribution is -2.20. The maximum atomic E-state index is 12.0. The molecule has 4 aromatic rings. The molecule has 1 aliphatic heterocycles. The molecule has 4 N–H and O–H groups in total. The van der Waals surface area contributed by atoms with E-state index in [0.717, 1.165) is 65.2 Å². The smallest absolute Gasteiger partial charge is 0.250 e. The van der Waals surface area contributed by atoms with Gasteiger partial charge in [-0.05, 0) is 37.8 Å². The Hall–Kier alpha value is -3.87. The summed E-state index contributed by atoms with van der Waals surface area (Å²) in [5.74, 6) is 2.02. The number of fused-ring (bicyclic) bond motifs is 2. The van der Waals surface area contributed by atoms with E-state index < -0.39 is 5.91 Å². The highest BCUT2D eigenvalue weighted by molar-refractivity contribution is 6.09. The van der Waals surface area contributed by atoms with Crippen LogP contribution in [0, 0.1) is 6.92 Å². The van der Waals surface area contributed by atoms with Gasteiger partial charge in [-0.2, -0.15) is 0 Å². The molecule has 1 aliphatic rings. The predicted molar refractivity (Wildman–Crippen MR) is 133 cm³/mol. The molecule has 0 fully saturated rings. The molecule has 2 aromatic heterocycles. The minimum Gasteiger partial charge on any atom is -0.366 e. The Bertz CT molecular complexity index is 1330. The molecule has 168 valence electrons. The van der Waals surface area contributed by atoms with E-state index in [1.165, 1.54) is 5.56 Å². The van der Waals surface area contributed by atoms with Gasteiger partial charge in [0.2, 0.25) is 0 Å². The number of hydrogen-bond donors (Lipinski definition) is 3. The fourth-order valence-corrected chi connectivity index (χ4v) is 4.66. The number of primary amides is 1. The second-order valence-electron chi connectivity index (χ2n) is 8.63. The number of carbonyl (C=O) groups excluding carboxylic acids is 1. The van der Waals surface area contributed by atoms with Gasteiger partial charge in [0.05, 0.1) is 11.1 Å². The molecule has 0 unspecified atom stereocenters. The summed E-state index contributed by atoms with van der Waals surface area (Å²) < 4.78 is 0. The summed E-state index contributed by atoms with van der Waals surface area (Å²) in [5, 5.41) is 4.47. The fraction of sp³-hybridized carbons (Fsp3) is 0.269. The van der Waals surface area contributed by atoms with E-state index in [1.54, 1.807) is 6.07 Å². The summed E-state index contributed by atoms with van der Waals surface area (Å²) in [6, 6.07) is 15.9. The standard InChI is InChI=1S/C26H28N6O/c1-16-21(18-12-8-13-19(23(27)33)22(18)29-16)25-30-24(28-15-17-9-4-3-5-10-17)20-11-6-7-14-32(2)26(20)31-25/h3-5,8-10,12-13,29H,6-7,11,14-15H2,1-2H3,(H2,27,33)(H,28,30,31). The van der Waals surface area contributed by atoms with Crippen LogP contribution in [0.3, 0.4) is 0 Å². The normalized spacial score (nSPS) is 13.6. The van der Waals surface area contributed by atoms with Crippen LogP contribution < -0.4 is 16.0 Å². The first-order valence-corrected chi connectivity index (χ1v) is 11.3. The van der Waals surface area contributed by atoms with Gasteiger partial charge in [0.15, 0.2) is 5.82 Å². The number of benzene rings is 2. The molecular formula is C26H28N6O. The number of nitrogens with two attached hydrogens (primary N) is 1. The number of aromatic amines is 1. The van der Waals surface area contributed by atoms with E-state index in [0.29, 0.717) is 17.9 Å². The molecule has 2 aromatic carbocycles. The highest BCUT2D eigenvalue weighted by atomic mass is 16.1. The average Bonchev–Trinajstić information content (AvgIpc) is 3.04. The van der Waals surface area contributed by atoms with Crippen molar-refractivity contribution in [3.63, 3.8) is 0 Å². The van der Waals surface area contributed by atoms with Crippen LogP contribution >= 0.6 is 0 Å². The number of nitrogens with one attached hydrogen (secondary N) is 2. The van der Waals surface area contributed by atoms with Crippen molar-refractivity contribution in [3.8, 4) is 11.4 Å². The number of carbonyl (C=O) groups is 1. The van der Waals surface area contributed by atoms with Crippen molar-refractivity contribution in [3.05, 3.63) is 70.9 Å². The Morgan fingerprint density at radius 2 is 1.94 bits per heavy atom. The number of hydrogen-bond acceptors (Lipinski definition) is 5. The van der Waals surface area contributed by atoms with Crippen LogP contribution in [0.2, 0.25) is 0 Å². The van der Waals surface area contributed by atoms with Crippen LogP contribution in [0.5, 0.6) is 0 Å². The molecular weight excluding hydrogens is 412 g/mol. The van der Waals surface area contributed by atoms with E-state index >= 15 is 0 Å². The predicted octanol–water partition coefficient (Wildman–Crippen LogP) is 4.42. The molecule has 7 heteroatoms. The van der Waals surface area contributed by atoms with Crippen molar-refractivity contribution >= 4 is 28.4 Å². The number of aryl methyl sites for hydroxylation is 1. The summed E-state index contributed by atoms with van der Waals surface area (Å²) in [4.78, 5) is 27.6. The molecule has 0 radical (unpaired) electrons. The van der Waals surface area contributed by atoms with Crippen molar-refractivity contribution in [1.29, 1.82) is 0 Å². The van der Waals surface area contributed by atoms with Crippen molar-refractivity contribution in [1.82, 2.24) is 15.0 Å². The maximum Gasteiger partial charge on any atom is 0.250 e. The monoisotopic (exact) mass is 440 g/mol. The Balaban J connectivity index is 1.66. The number of anilines is 2. The molecule has 0 atom stereocenters. The Morgan fingerprint density at radius 3 is 2.73 bits per heavy atom. The van der Waals surface area contributed by atoms with E-state index in [9.17, 15) is 4.79 Å². The van der Waals surface area contributed by atoms with Crippen LogP contribution in [-0.2, 0) is 13.0 Å². The molecule has 0 spiro atoms. The zero-order valence-electron chi connectivity index (χ0n) is 19.0. The Labute approximate surface area is 193 Å². The zero-order chi connectivity index (χ0) is 22.9. The third-order valence-electron chi connectivity index (χ3n) is 6.33. The Morgan fingerprint density at radius 1 is 1.12 bits per heavy atom. The Kier molecular flexibility index (Phi) is 5.46. The third kappa shape index (κ3) is 3.91.